The first-order valence-corrected chi connectivity index (χ1v) is 6.01. The van der Waals surface area contributed by atoms with Crippen LogP contribution in [0.1, 0.15) is 13.3 Å². The first kappa shape index (κ1) is 15.3. The van der Waals surface area contributed by atoms with Crippen LogP contribution in [0.4, 0.5) is 9.59 Å². The minimum atomic E-state index is -0.823. The lowest BCUT2D eigenvalue weighted by molar-refractivity contribution is -0.139. The summed E-state index contributed by atoms with van der Waals surface area (Å²) in [6.07, 6.45) is -0.543. The summed E-state index contributed by atoms with van der Waals surface area (Å²) in [6, 6.07) is -0.163. The molecule has 0 saturated carbocycles. The summed E-state index contributed by atoms with van der Waals surface area (Å²) in [5.74, 6) is -0.0848. The number of ether oxygens (including phenoxy) is 2. The van der Waals surface area contributed by atoms with Gasteiger partial charge in [0.2, 0.25) is 0 Å². The lowest BCUT2D eigenvalue weighted by Gasteiger charge is -2.31. The van der Waals surface area contributed by atoms with E-state index < -0.39 is 11.6 Å². The second kappa shape index (κ2) is 5.90. The number of rotatable bonds is 4. The third kappa shape index (κ3) is 3.84. The zero-order valence-corrected chi connectivity index (χ0v) is 11.8. The number of urea groups is 1. The van der Waals surface area contributed by atoms with Crippen LogP contribution in [-0.2, 0) is 14.3 Å². The molecule has 0 unspecified atom stereocenters. The fraction of sp³-hybridized carbons (Fsp3) is 0.750. The SMILES string of the molecule is CN(C)C(=O)N(C)CCC(=O)C1(C)COC(=O)OC1. The van der Waals surface area contributed by atoms with Gasteiger partial charge in [0.25, 0.3) is 0 Å². The van der Waals surface area contributed by atoms with E-state index in [4.69, 9.17) is 9.47 Å². The predicted molar refractivity (Wildman–Crippen MR) is 66.7 cm³/mol. The van der Waals surface area contributed by atoms with E-state index in [-0.39, 0.29) is 31.4 Å². The first-order chi connectivity index (χ1) is 8.76. The number of carbonyl (C=O) groups is 3. The molecule has 1 aliphatic heterocycles. The van der Waals surface area contributed by atoms with Crippen molar-refractivity contribution in [2.24, 2.45) is 5.41 Å². The van der Waals surface area contributed by atoms with E-state index in [1.807, 2.05) is 0 Å². The van der Waals surface area contributed by atoms with Crippen LogP contribution in [0.25, 0.3) is 0 Å². The molecule has 2 amide bonds. The lowest BCUT2D eigenvalue weighted by Crippen LogP contribution is -2.45. The molecule has 0 aliphatic carbocycles. The molecule has 0 atom stereocenters. The Morgan fingerprint density at radius 2 is 1.74 bits per heavy atom. The fourth-order valence-electron chi connectivity index (χ4n) is 1.69. The highest BCUT2D eigenvalue weighted by Gasteiger charge is 2.39. The van der Waals surface area contributed by atoms with Gasteiger partial charge in [0.15, 0.2) is 0 Å². The summed E-state index contributed by atoms with van der Waals surface area (Å²) in [4.78, 5) is 37.4. The summed E-state index contributed by atoms with van der Waals surface area (Å²) in [5, 5.41) is 0. The summed E-state index contributed by atoms with van der Waals surface area (Å²) >= 11 is 0. The lowest BCUT2D eigenvalue weighted by atomic mass is 9.85. The van der Waals surface area contributed by atoms with Crippen molar-refractivity contribution in [1.82, 2.24) is 9.80 Å². The molecule has 1 saturated heterocycles. The molecule has 0 aromatic heterocycles. The molecule has 108 valence electrons. The maximum atomic E-state index is 12.1. The second-order valence-electron chi connectivity index (χ2n) is 5.16. The monoisotopic (exact) mass is 272 g/mol. The molecule has 7 heteroatoms. The van der Waals surface area contributed by atoms with Gasteiger partial charge in [-0.25, -0.2) is 9.59 Å². The van der Waals surface area contributed by atoms with E-state index in [1.165, 1.54) is 9.80 Å². The molecule has 1 heterocycles. The van der Waals surface area contributed by atoms with Gasteiger partial charge in [-0.15, -0.1) is 0 Å². The van der Waals surface area contributed by atoms with Gasteiger partial charge in [-0.3, -0.25) is 4.79 Å². The predicted octanol–water partition coefficient (Wildman–Crippen LogP) is 0.732. The van der Waals surface area contributed by atoms with Crippen LogP contribution < -0.4 is 0 Å². The minimum Gasteiger partial charge on any atom is -0.433 e. The molecular formula is C12H20N2O5. The number of cyclic esters (lactones) is 2. The number of amides is 2. The highest BCUT2D eigenvalue weighted by Crippen LogP contribution is 2.25. The van der Waals surface area contributed by atoms with Crippen molar-refractivity contribution in [3.05, 3.63) is 0 Å². The number of ketones is 1. The molecule has 7 nitrogen and oxygen atoms in total. The maximum absolute atomic E-state index is 12.1. The zero-order valence-electron chi connectivity index (χ0n) is 11.8. The number of carbonyl (C=O) groups excluding carboxylic acids is 3. The fourth-order valence-corrected chi connectivity index (χ4v) is 1.69. The number of nitrogens with zero attached hydrogens (tertiary/aromatic N) is 2. The van der Waals surface area contributed by atoms with Gasteiger partial charge in [0.1, 0.15) is 19.0 Å². The Morgan fingerprint density at radius 1 is 1.21 bits per heavy atom. The molecule has 19 heavy (non-hydrogen) atoms. The molecule has 1 aliphatic rings. The van der Waals surface area contributed by atoms with Gasteiger partial charge >= 0.3 is 12.2 Å². The highest BCUT2D eigenvalue weighted by molar-refractivity contribution is 5.86. The summed E-state index contributed by atoms with van der Waals surface area (Å²) in [7, 11) is 4.93. The van der Waals surface area contributed by atoms with Crippen LogP contribution in [0.2, 0.25) is 0 Å². The summed E-state index contributed by atoms with van der Waals surface area (Å²) in [6.45, 7) is 2.06. The molecule has 1 rings (SSSR count). The quantitative estimate of drug-likeness (QED) is 0.705. The van der Waals surface area contributed by atoms with Crippen molar-refractivity contribution in [1.29, 1.82) is 0 Å². The van der Waals surface area contributed by atoms with Crippen LogP contribution in [0, 0.1) is 5.41 Å². The Bertz CT molecular complexity index is 370. The third-order valence-corrected chi connectivity index (χ3v) is 3.07. The molecule has 0 spiro atoms. The Morgan fingerprint density at radius 3 is 2.21 bits per heavy atom. The van der Waals surface area contributed by atoms with Crippen LogP contribution in [0.3, 0.4) is 0 Å². The Kier molecular flexibility index (Phi) is 4.74. The van der Waals surface area contributed by atoms with E-state index in [1.54, 1.807) is 28.1 Å². The smallest absolute Gasteiger partial charge is 0.433 e. The number of Topliss-reactive ketones (excluding diaryl/α,β-unsaturated/α-hetero) is 1. The van der Waals surface area contributed by atoms with Crippen molar-refractivity contribution in [2.45, 2.75) is 13.3 Å². The topological polar surface area (TPSA) is 76.2 Å². The molecular weight excluding hydrogens is 252 g/mol. The van der Waals surface area contributed by atoms with Gasteiger partial charge in [-0.1, -0.05) is 0 Å². The van der Waals surface area contributed by atoms with Crippen molar-refractivity contribution in [3.8, 4) is 0 Å². The van der Waals surface area contributed by atoms with Gasteiger partial charge in [0.05, 0.1) is 5.41 Å². The van der Waals surface area contributed by atoms with E-state index >= 15 is 0 Å². The zero-order chi connectivity index (χ0) is 14.6. The average molecular weight is 272 g/mol. The van der Waals surface area contributed by atoms with Crippen molar-refractivity contribution >= 4 is 18.0 Å². The van der Waals surface area contributed by atoms with Crippen molar-refractivity contribution < 1.29 is 23.9 Å². The number of hydrogen-bond acceptors (Lipinski definition) is 5. The molecule has 1 fully saturated rings. The molecule has 0 aromatic carbocycles. The average Bonchev–Trinajstić information content (AvgIpc) is 2.38. The number of hydrogen-bond donors (Lipinski definition) is 0. The minimum absolute atomic E-state index is 0.0238. The molecule has 0 aromatic rings. The summed E-state index contributed by atoms with van der Waals surface area (Å²) in [5.41, 5.74) is -0.823. The Hall–Kier alpha value is -1.79. The molecule has 0 radical (unpaired) electrons. The Labute approximate surface area is 112 Å². The van der Waals surface area contributed by atoms with Crippen molar-refractivity contribution in [3.63, 3.8) is 0 Å². The Balaban J connectivity index is 2.47. The maximum Gasteiger partial charge on any atom is 0.508 e. The first-order valence-electron chi connectivity index (χ1n) is 6.01. The van der Waals surface area contributed by atoms with E-state index in [2.05, 4.69) is 0 Å². The normalized spacial score (nSPS) is 17.2. The largest absolute Gasteiger partial charge is 0.508 e. The van der Waals surface area contributed by atoms with Crippen LogP contribution in [-0.4, -0.2) is 68.7 Å². The van der Waals surface area contributed by atoms with Gasteiger partial charge in [-0.05, 0) is 6.92 Å². The second-order valence-corrected chi connectivity index (χ2v) is 5.16. The van der Waals surface area contributed by atoms with Crippen LogP contribution in [0.5, 0.6) is 0 Å². The van der Waals surface area contributed by atoms with Gasteiger partial charge in [-0.2, -0.15) is 0 Å². The van der Waals surface area contributed by atoms with Crippen LogP contribution in [0.15, 0.2) is 0 Å². The summed E-state index contributed by atoms with van der Waals surface area (Å²) < 4.78 is 9.47. The standard InChI is InChI=1S/C12H20N2O5/c1-12(7-18-11(17)19-8-12)9(15)5-6-14(4)10(16)13(2)3/h5-8H2,1-4H3. The van der Waals surface area contributed by atoms with E-state index in [9.17, 15) is 14.4 Å². The molecule has 0 N–H and O–H groups in total. The van der Waals surface area contributed by atoms with Crippen molar-refractivity contribution in [2.75, 3.05) is 40.9 Å². The van der Waals surface area contributed by atoms with Gasteiger partial charge < -0.3 is 19.3 Å². The van der Waals surface area contributed by atoms with E-state index in [0.717, 1.165) is 0 Å². The van der Waals surface area contributed by atoms with Gasteiger partial charge in [0, 0.05) is 34.1 Å². The van der Waals surface area contributed by atoms with Crippen LogP contribution >= 0.6 is 0 Å². The van der Waals surface area contributed by atoms with E-state index in [0.29, 0.717) is 6.54 Å². The highest BCUT2D eigenvalue weighted by atomic mass is 16.7. The third-order valence-electron chi connectivity index (χ3n) is 3.07. The molecule has 0 bridgehead atoms.